The number of aromatic nitrogens is 1. The minimum absolute atomic E-state index is 0.278. The zero-order chi connectivity index (χ0) is 10.8. The lowest BCUT2D eigenvalue weighted by Crippen LogP contribution is -1.93. The summed E-state index contributed by atoms with van der Waals surface area (Å²) in [5.74, 6) is 0.342. The van der Waals surface area contributed by atoms with Gasteiger partial charge in [-0.1, -0.05) is 12.1 Å². The molecule has 0 unspecified atom stereocenters. The Labute approximate surface area is 87.9 Å². The fraction of sp³-hybridized carbons (Fsp3) is 0.0833. The summed E-state index contributed by atoms with van der Waals surface area (Å²) in [6.07, 6.45) is 1.74. The van der Waals surface area contributed by atoms with Gasteiger partial charge in [0.05, 0.1) is 12.8 Å². The molecule has 0 amide bonds. The van der Waals surface area contributed by atoms with Crippen LogP contribution in [-0.2, 0) is 0 Å². The lowest BCUT2D eigenvalue weighted by molar-refractivity contribution is 0.416. The smallest absolute Gasteiger partial charge is 0.144 e. The quantitative estimate of drug-likeness (QED) is 0.733. The summed E-state index contributed by atoms with van der Waals surface area (Å²) in [7, 11) is 5.33. The molecule has 0 spiro atoms. The van der Waals surface area contributed by atoms with Gasteiger partial charge in [0.15, 0.2) is 0 Å². The van der Waals surface area contributed by atoms with Crippen molar-refractivity contribution in [3.63, 3.8) is 0 Å². The normalized spacial score (nSPS) is 10.3. The van der Waals surface area contributed by atoms with Crippen molar-refractivity contribution in [3.05, 3.63) is 49.4 Å². The number of rotatable bonds is 2. The Bertz CT molecular complexity index is 476. The van der Waals surface area contributed by atoms with Crippen LogP contribution >= 0.6 is 0 Å². The number of benzene rings is 1. The Balaban J connectivity index is 2.63. The Morgan fingerprint density at radius 2 is 2.00 bits per heavy atom. The molecule has 77 valence electrons. The molecular weight excluding hydrogens is 193 g/mol. The van der Waals surface area contributed by atoms with E-state index in [0.29, 0.717) is 17.0 Å². The monoisotopic (exact) mass is 204 g/mol. The van der Waals surface area contributed by atoms with Gasteiger partial charge in [0.25, 0.3) is 0 Å². The third-order valence-electron chi connectivity index (χ3n) is 2.28. The van der Waals surface area contributed by atoms with Gasteiger partial charge in [-0.25, -0.2) is 4.39 Å². The molecule has 1 aromatic carbocycles. The molecule has 0 atom stereocenters. The predicted octanol–water partition coefficient (Wildman–Crippen LogP) is 2.94. The second kappa shape index (κ2) is 3.77. The zero-order valence-corrected chi connectivity index (χ0v) is 8.40. The highest BCUT2D eigenvalue weighted by Crippen LogP contribution is 2.32. The molecule has 2 rings (SSSR count). The summed E-state index contributed by atoms with van der Waals surface area (Å²) < 4.78 is 20.3. The molecule has 0 aliphatic heterocycles. The molecule has 2 aromatic rings. The van der Waals surface area contributed by atoms with Crippen molar-refractivity contribution < 1.29 is 9.13 Å². The molecule has 0 aliphatic rings. The maximum atomic E-state index is 13.6. The number of nitrogens with zero attached hydrogens (tertiary/aromatic N) is 1. The minimum atomic E-state index is -0.278. The molecular formula is C12H11FNO. The molecule has 1 heterocycles. The lowest BCUT2D eigenvalue weighted by Gasteiger charge is -2.07. The Kier molecular flexibility index (Phi) is 2.46. The fourth-order valence-electron chi connectivity index (χ4n) is 1.56. The van der Waals surface area contributed by atoms with Gasteiger partial charge in [-0.2, -0.15) is 0 Å². The Hall–Kier alpha value is -1.77. The highest BCUT2D eigenvalue weighted by atomic mass is 19.1. The first-order valence-corrected chi connectivity index (χ1v) is 4.55. The van der Waals surface area contributed by atoms with Crippen LogP contribution in [0.3, 0.4) is 0 Å². The van der Waals surface area contributed by atoms with Crippen LogP contribution in [0.1, 0.15) is 0 Å². The molecule has 2 nitrogen and oxygen atoms in total. The van der Waals surface area contributed by atoms with Crippen molar-refractivity contribution in [2.75, 3.05) is 7.11 Å². The number of halogens is 1. The minimum Gasteiger partial charge on any atom is -0.494 e. The molecule has 15 heavy (non-hydrogen) atoms. The van der Waals surface area contributed by atoms with E-state index < -0.39 is 0 Å². The first kappa shape index (κ1) is 9.77. The van der Waals surface area contributed by atoms with E-state index in [1.807, 2.05) is 0 Å². The first-order chi connectivity index (χ1) is 7.24. The summed E-state index contributed by atoms with van der Waals surface area (Å²) in [6, 6.07) is 8.32. The second-order valence-electron chi connectivity index (χ2n) is 3.18. The topological polar surface area (TPSA) is 14.2 Å². The number of ether oxygens (including phenoxy) is 1. The second-order valence-corrected chi connectivity index (χ2v) is 3.18. The summed E-state index contributed by atoms with van der Waals surface area (Å²) in [6.45, 7) is 0. The van der Waals surface area contributed by atoms with Crippen LogP contribution in [0.25, 0.3) is 11.3 Å². The van der Waals surface area contributed by atoms with Crippen LogP contribution < -0.4 is 4.74 Å². The number of hydrogen-bond donors (Lipinski definition) is 0. The first-order valence-electron chi connectivity index (χ1n) is 4.55. The van der Waals surface area contributed by atoms with Crippen LogP contribution in [0.2, 0.25) is 0 Å². The van der Waals surface area contributed by atoms with E-state index in [4.69, 9.17) is 4.74 Å². The summed E-state index contributed by atoms with van der Waals surface area (Å²) >= 11 is 0. The third-order valence-corrected chi connectivity index (χ3v) is 2.28. The van der Waals surface area contributed by atoms with E-state index in [9.17, 15) is 4.39 Å². The summed E-state index contributed by atoms with van der Waals surface area (Å²) in [5.41, 5.74) is 1.14. The largest absolute Gasteiger partial charge is 0.494 e. The van der Waals surface area contributed by atoms with Crippen LogP contribution in [-0.4, -0.2) is 11.7 Å². The van der Waals surface area contributed by atoms with E-state index in [1.165, 1.54) is 6.07 Å². The molecule has 0 bridgehead atoms. The standard InChI is InChI=1S/C12H11FNO/c1-14-8-7-11(15-2)12(14)9-5-3-4-6-10(9)13/h3-8H,1H2,2H3. The van der Waals surface area contributed by atoms with Gasteiger partial charge in [-0.3, -0.25) is 0 Å². The van der Waals surface area contributed by atoms with Gasteiger partial charge in [-0.05, 0) is 18.2 Å². The van der Waals surface area contributed by atoms with Crippen molar-refractivity contribution in [1.29, 1.82) is 0 Å². The molecule has 1 aromatic heterocycles. The predicted molar refractivity (Wildman–Crippen MR) is 57.1 cm³/mol. The van der Waals surface area contributed by atoms with Gasteiger partial charge in [0, 0.05) is 18.8 Å². The SMILES string of the molecule is [CH2]n1ccc(OC)c1-c1ccccc1F. The van der Waals surface area contributed by atoms with Crippen molar-refractivity contribution in [2.24, 2.45) is 0 Å². The Morgan fingerprint density at radius 1 is 1.27 bits per heavy atom. The van der Waals surface area contributed by atoms with Crippen LogP contribution in [0.5, 0.6) is 5.75 Å². The lowest BCUT2D eigenvalue weighted by atomic mass is 10.1. The van der Waals surface area contributed by atoms with E-state index in [-0.39, 0.29) is 5.82 Å². The van der Waals surface area contributed by atoms with Crippen LogP contribution in [0.15, 0.2) is 36.5 Å². The summed E-state index contributed by atoms with van der Waals surface area (Å²) in [5, 5.41) is 0. The average molecular weight is 204 g/mol. The van der Waals surface area contributed by atoms with Gasteiger partial charge in [0.1, 0.15) is 11.6 Å². The molecule has 0 aliphatic carbocycles. The molecule has 3 heteroatoms. The van der Waals surface area contributed by atoms with E-state index >= 15 is 0 Å². The zero-order valence-electron chi connectivity index (χ0n) is 8.40. The maximum absolute atomic E-state index is 13.6. The molecule has 1 radical (unpaired) electrons. The van der Waals surface area contributed by atoms with Gasteiger partial charge >= 0.3 is 0 Å². The van der Waals surface area contributed by atoms with Crippen molar-refractivity contribution >= 4 is 0 Å². The van der Waals surface area contributed by atoms with Crippen molar-refractivity contribution in [2.45, 2.75) is 0 Å². The van der Waals surface area contributed by atoms with E-state index in [0.717, 1.165) is 0 Å². The summed E-state index contributed by atoms with van der Waals surface area (Å²) in [4.78, 5) is 0. The van der Waals surface area contributed by atoms with Crippen LogP contribution in [0.4, 0.5) is 4.39 Å². The molecule has 0 fully saturated rings. The fourth-order valence-corrected chi connectivity index (χ4v) is 1.56. The average Bonchev–Trinajstić information content (AvgIpc) is 2.60. The number of methoxy groups -OCH3 is 1. The van der Waals surface area contributed by atoms with Gasteiger partial charge < -0.3 is 9.30 Å². The molecule has 0 saturated heterocycles. The highest BCUT2D eigenvalue weighted by molar-refractivity contribution is 5.68. The Morgan fingerprint density at radius 3 is 2.67 bits per heavy atom. The highest BCUT2D eigenvalue weighted by Gasteiger charge is 2.13. The maximum Gasteiger partial charge on any atom is 0.144 e. The van der Waals surface area contributed by atoms with Gasteiger partial charge in [0.2, 0.25) is 0 Å². The molecule has 0 N–H and O–H groups in total. The molecule has 0 saturated carbocycles. The van der Waals surface area contributed by atoms with Crippen molar-refractivity contribution in [3.8, 4) is 17.0 Å². The number of hydrogen-bond acceptors (Lipinski definition) is 1. The van der Waals surface area contributed by atoms with Gasteiger partial charge in [-0.15, -0.1) is 0 Å². The van der Waals surface area contributed by atoms with E-state index in [2.05, 4.69) is 7.05 Å². The third kappa shape index (κ3) is 1.61. The van der Waals surface area contributed by atoms with Crippen LogP contribution in [0, 0.1) is 12.9 Å². The van der Waals surface area contributed by atoms with Crippen molar-refractivity contribution in [1.82, 2.24) is 4.57 Å². The van der Waals surface area contributed by atoms with E-state index in [1.54, 1.807) is 42.1 Å².